The fourth-order valence-corrected chi connectivity index (χ4v) is 4.23. The van der Waals surface area contributed by atoms with Crippen molar-refractivity contribution in [2.75, 3.05) is 5.32 Å². The molecule has 0 aliphatic heterocycles. The highest BCUT2D eigenvalue weighted by Crippen LogP contribution is 2.29. The lowest BCUT2D eigenvalue weighted by atomic mass is 10.1. The molecule has 0 saturated carbocycles. The summed E-state index contributed by atoms with van der Waals surface area (Å²) in [6, 6.07) is 13.6. The molecular weight excluding hydrogens is 425 g/mol. The summed E-state index contributed by atoms with van der Waals surface area (Å²) < 4.78 is 19.3. The van der Waals surface area contributed by atoms with Crippen molar-refractivity contribution in [1.82, 2.24) is 20.4 Å². The topological polar surface area (TPSA) is 93.8 Å². The number of aromatic nitrogens is 4. The quantitative estimate of drug-likeness (QED) is 0.333. The highest BCUT2D eigenvalue weighted by Gasteiger charge is 2.13. The van der Waals surface area contributed by atoms with Gasteiger partial charge in [0.25, 0.3) is 0 Å². The zero-order valence-corrected chi connectivity index (χ0v) is 17.5. The molecule has 2 aromatic heterocycles. The third kappa shape index (κ3) is 5.08. The van der Waals surface area contributed by atoms with Crippen molar-refractivity contribution >= 4 is 34.1 Å². The van der Waals surface area contributed by atoms with Crippen LogP contribution in [0.25, 0.3) is 11.5 Å². The van der Waals surface area contributed by atoms with Crippen molar-refractivity contribution in [2.45, 2.75) is 23.4 Å². The number of nitrogens with one attached hydrogen (secondary N) is 1. The second-order valence-corrected chi connectivity index (χ2v) is 8.53. The Morgan fingerprint density at radius 1 is 1.10 bits per heavy atom. The van der Waals surface area contributed by atoms with Crippen LogP contribution in [0.3, 0.4) is 0 Å². The summed E-state index contributed by atoms with van der Waals surface area (Å²) in [5.41, 5.74) is 2.68. The molecule has 0 radical (unpaired) electrons. The van der Waals surface area contributed by atoms with Crippen LogP contribution in [0.2, 0.25) is 0 Å². The highest BCUT2D eigenvalue weighted by atomic mass is 32.2. The van der Waals surface area contributed by atoms with Gasteiger partial charge in [-0.2, -0.15) is 0 Å². The molecule has 7 nitrogen and oxygen atoms in total. The Hall–Kier alpha value is -3.11. The lowest BCUT2D eigenvalue weighted by molar-refractivity contribution is -0.115. The molecule has 0 unspecified atom stereocenters. The number of halogens is 1. The van der Waals surface area contributed by atoms with E-state index in [1.807, 2.05) is 31.2 Å². The molecule has 10 heteroatoms. The third-order valence-corrected chi connectivity index (χ3v) is 6.05. The number of carbonyl (C=O) groups excluding carboxylic acids is 1. The van der Waals surface area contributed by atoms with Gasteiger partial charge in [-0.25, -0.2) is 4.39 Å². The van der Waals surface area contributed by atoms with Crippen LogP contribution < -0.4 is 5.32 Å². The van der Waals surface area contributed by atoms with E-state index in [4.69, 9.17) is 4.42 Å². The monoisotopic (exact) mass is 441 g/mol. The van der Waals surface area contributed by atoms with Gasteiger partial charge in [0, 0.05) is 5.56 Å². The van der Waals surface area contributed by atoms with Gasteiger partial charge < -0.3 is 9.73 Å². The number of carbonyl (C=O) groups is 1. The molecule has 4 aromatic rings. The summed E-state index contributed by atoms with van der Waals surface area (Å²) in [6.45, 7) is 1.99. The highest BCUT2D eigenvalue weighted by molar-refractivity contribution is 8.00. The van der Waals surface area contributed by atoms with E-state index < -0.39 is 0 Å². The Bertz CT molecular complexity index is 1160. The summed E-state index contributed by atoms with van der Waals surface area (Å²) in [5.74, 6) is 0.827. The summed E-state index contributed by atoms with van der Waals surface area (Å²) in [4.78, 5) is 12.1. The van der Waals surface area contributed by atoms with E-state index in [2.05, 4.69) is 25.7 Å². The Balaban J connectivity index is 1.31. The fourth-order valence-electron chi connectivity index (χ4n) is 2.63. The average molecular weight is 442 g/mol. The van der Waals surface area contributed by atoms with Crippen LogP contribution in [0.1, 0.15) is 17.0 Å². The van der Waals surface area contributed by atoms with Gasteiger partial charge in [-0.15, -0.1) is 20.4 Å². The van der Waals surface area contributed by atoms with E-state index in [0.29, 0.717) is 32.6 Å². The van der Waals surface area contributed by atoms with Crippen LogP contribution in [-0.4, -0.2) is 26.3 Å². The molecule has 0 saturated heterocycles. The lowest BCUT2D eigenvalue weighted by Gasteiger charge is -2.01. The Kier molecular flexibility index (Phi) is 6.15. The van der Waals surface area contributed by atoms with E-state index >= 15 is 0 Å². The summed E-state index contributed by atoms with van der Waals surface area (Å²) in [7, 11) is 0. The van der Waals surface area contributed by atoms with Crippen molar-refractivity contribution in [3.05, 3.63) is 71.4 Å². The zero-order valence-electron chi connectivity index (χ0n) is 15.8. The van der Waals surface area contributed by atoms with Crippen molar-refractivity contribution in [3.63, 3.8) is 0 Å². The molecule has 0 aliphatic rings. The fraction of sp³-hybridized carbons (Fsp3) is 0.150. The number of amides is 1. The van der Waals surface area contributed by atoms with Crippen molar-refractivity contribution < 1.29 is 13.6 Å². The van der Waals surface area contributed by atoms with Gasteiger partial charge in [0.1, 0.15) is 5.82 Å². The molecule has 0 spiro atoms. The van der Waals surface area contributed by atoms with E-state index in [-0.39, 0.29) is 18.1 Å². The smallest absolute Gasteiger partial charge is 0.248 e. The first-order chi connectivity index (χ1) is 14.6. The molecular formula is C20H16FN5O2S2. The molecule has 1 amide bonds. The second-order valence-electron chi connectivity index (χ2n) is 6.33. The van der Waals surface area contributed by atoms with Gasteiger partial charge in [0.05, 0.1) is 12.2 Å². The largest absolute Gasteiger partial charge is 0.420 e. The standard InChI is InChI=1S/C20H16FN5O2S2/c1-12-4-2-3-5-15(12)18-24-23-17(28-18)11-29-20-26-25-19(30-20)22-16(27)10-13-6-8-14(21)9-7-13/h2-9H,10-11H2,1H3,(H,22,25,27). The molecule has 4 rings (SSSR count). The molecule has 1 N–H and O–H groups in total. The average Bonchev–Trinajstić information content (AvgIpc) is 3.38. The number of benzene rings is 2. The summed E-state index contributed by atoms with van der Waals surface area (Å²) in [6.07, 6.45) is 0.131. The normalized spacial score (nSPS) is 10.9. The maximum atomic E-state index is 12.9. The lowest BCUT2D eigenvalue weighted by Crippen LogP contribution is -2.14. The van der Waals surface area contributed by atoms with E-state index in [9.17, 15) is 9.18 Å². The van der Waals surface area contributed by atoms with Crippen LogP contribution in [0, 0.1) is 12.7 Å². The molecule has 0 atom stereocenters. The third-order valence-electron chi connectivity index (χ3n) is 4.09. The van der Waals surface area contributed by atoms with Crippen LogP contribution in [0.5, 0.6) is 0 Å². The second kappa shape index (κ2) is 9.14. The Morgan fingerprint density at radius 2 is 1.90 bits per heavy atom. The summed E-state index contributed by atoms with van der Waals surface area (Å²) >= 11 is 2.65. The molecule has 152 valence electrons. The number of thioether (sulfide) groups is 1. The molecule has 30 heavy (non-hydrogen) atoms. The Labute approximate surface area is 179 Å². The van der Waals surface area contributed by atoms with Gasteiger partial charge >= 0.3 is 0 Å². The van der Waals surface area contributed by atoms with Crippen molar-refractivity contribution in [3.8, 4) is 11.5 Å². The molecule has 0 bridgehead atoms. The van der Waals surface area contributed by atoms with Crippen LogP contribution in [0.4, 0.5) is 9.52 Å². The number of rotatable bonds is 7. The van der Waals surface area contributed by atoms with Gasteiger partial charge in [-0.3, -0.25) is 4.79 Å². The number of hydrogen-bond acceptors (Lipinski definition) is 8. The van der Waals surface area contributed by atoms with Gasteiger partial charge in [-0.1, -0.05) is 53.4 Å². The summed E-state index contributed by atoms with van der Waals surface area (Å²) in [5, 5.41) is 19.3. The van der Waals surface area contributed by atoms with E-state index in [1.54, 1.807) is 12.1 Å². The van der Waals surface area contributed by atoms with E-state index in [0.717, 1.165) is 11.1 Å². The maximum Gasteiger partial charge on any atom is 0.248 e. The molecule has 2 heterocycles. The zero-order chi connectivity index (χ0) is 20.9. The number of aryl methyl sites for hydroxylation is 1. The molecule has 0 aliphatic carbocycles. The minimum Gasteiger partial charge on any atom is -0.420 e. The Morgan fingerprint density at radius 3 is 2.70 bits per heavy atom. The molecule has 2 aromatic carbocycles. The van der Waals surface area contributed by atoms with Crippen LogP contribution in [-0.2, 0) is 17.0 Å². The first-order valence-electron chi connectivity index (χ1n) is 8.96. The van der Waals surface area contributed by atoms with Crippen molar-refractivity contribution in [1.29, 1.82) is 0 Å². The van der Waals surface area contributed by atoms with Crippen molar-refractivity contribution in [2.24, 2.45) is 0 Å². The number of nitrogens with zero attached hydrogens (tertiary/aromatic N) is 4. The van der Waals surface area contributed by atoms with Gasteiger partial charge in [0.2, 0.25) is 22.8 Å². The first kappa shape index (κ1) is 20.2. The molecule has 0 fully saturated rings. The van der Waals surface area contributed by atoms with Gasteiger partial charge in [-0.05, 0) is 36.2 Å². The minimum absolute atomic E-state index is 0.131. The predicted molar refractivity (Wildman–Crippen MR) is 113 cm³/mol. The van der Waals surface area contributed by atoms with E-state index in [1.165, 1.54) is 35.2 Å². The number of anilines is 1. The van der Waals surface area contributed by atoms with Crippen LogP contribution in [0.15, 0.2) is 57.3 Å². The predicted octanol–water partition coefficient (Wildman–Crippen LogP) is 4.51. The van der Waals surface area contributed by atoms with Gasteiger partial charge in [0.15, 0.2) is 4.34 Å². The first-order valence-corrected chi connectivity index (χ1v) is 10.8. The maximum absolute atomic E-state index is 12.9. The SMILES string of the molecule is Cc1ccccc1-c1nnc(CSc2nnc(NC(=O)Cc3ccc(F)cc3)s2)o1. The van der Waals surface area contributed by atoms with Crippen LogP contribution >= 0.6 is 23.1 Å². The minimum atomic E-state index is -0.336. The number of hydrogen-bond donors (Lipinski definition) is 1.